The van der Waals surface area contributed by atoms with Gasteiger partial charge in [-0.05, 0) is 43.0 Å². The second-order valence-electron chi connectivity index (χ2n) is 6.43. The van der Waals surface area contributed by atoms with Crippen LogP contribution >= 0.6 is 0 Å². The Hall–Kier alpha value is -3.08. The van der Waals surface area contributed by atoms with Crippen LogP contribution < -0.4 is 5.32 Å². The molecule has 0 saturated carbocycles. The van der Waals surface area contributed by atoms with E-state index in [0.717, 1.165) is 6.42 Å². The van der Waals surface area contributed by atoms with E-state index >= 15 is 0 Å². The van der Waals surface area contributed by atoms with E-state index in [1.807, 2.05) is 36.5 Å². The van der Waals surface area contributed by atoms with E-state index in [0.29, 0.717) is 6.42 Å². The van der Waals surface area contributed by atoms with Gasteiger partial charge in [-0.1, -0.05) is 49.4 Å². The molecule has 0 radical (unpaired) electrons. The zero-order valence-electron chi connectivity index (χ0n) is 17.1. The molecule has 0 unspecified atom stereocenters. The largest absolute Gasteiger partial charge is 0.481 e. The molecule has 28 heavy (non-hydrogen) atoms. The minimum Gasteiger partial charge on any atom is -0.481 e. The molecular weight excluding hydrogens is 352 g/mol. The molecule has 0 atom stereocenters. The summed E-state index contributed by atoms with van der Waals surface area (Å²) >= 11 is 0. The topological polar surface area (TPSA) is 82.2 Å². The highest BCUT2D eigenvalue weighted by atomic mass is 16.4. The van der Waals surface area contributed by atoms with Crippen molar-refractivity contribution in [2.45, 2.75) is 40.0 Å². The molecule has 0 aliphatic heterocycles. The molecule has 0 fully saturated rings. The van der Waals surface area contributed by atoms with Gasteiger partial charge in [-0.3, -0.25) is 9.59 Å². The fourth-order valence-electron chi connectivity index (χ4n) is 2.41. The molecule has 0 aliphatic carbocycles. The molecule has 0 spiro atoms. The maximum Gasteiger partial charge on any atom is 0.303 e. The van der Waals surface area contributed by atoms with E-state index in [1.165, 1.54) is 27.6 Å². The van der Waals surface area contributed by atoms with E-state index in [-0.39, 0.29) is 12.3 Å². The van der Waals surface area contributed by atoms with Crippen molar-refractivity contribution in [3.63, 3.8) is 0 Å². The Kier molecular flexibility index (Phi) is 10.1. The van der Waals surface area contributed by atoms with Gasteiger partial charge in [-0.15, -0.1) is 0 Å². The van der Waals surface area contributed by atoms with Gasteiger partial charge >= 0.3 is 5.97 Å². The summed E-state index contributed by atoms with van der Waals surface area (Å²) in [6.07, 6.45) is 3.66. The summed E-state index contributed by atoms with van der Waals surface area (Å²) in [5, 5.41) is 11.6. The highest BCUT2D eigenvalue weighted by Gasteiger charge is 1.98. The van der Waals surface area contributed by atoms with Crippen molar-refractivity contribution in [1.29, 1.82) is 0 Å². The van der Waals surface area contributed by atoms with Crippen LogP contribution in [0.5, 0.6) is 0 Å². The summed E-state index contributed by atoms with van der Waals surface area (Å²) in [7, 11) is 1.66. The molecule has 3 aromatic rings. The average Bonchev–Trinajstić information content (AvgIpc) is 3.07. The molecule has 5 heteroatoms. The number of hydrogen-bond donors (Lipinski definition) is 3. The molecule has 0 bridgehead atoms. The number of amides is 1. The smallest absolute Gasteiger partial charge is 0.303 e. The van der Waals surface area contributed by atoms with E-state index in [2.05, 4.69) is 42.3 Å². The van der Waals surface area contributed by atoms with Gasteiger partial charge in [-0.2, -0.15) is 0 Å². The Bertz CT molecular complexity index is 870. The van der Waals surface area contributed by atoms with Crippen LogP contribution in [0.3, 0.4) is 0 Å². The number of carbonyl (C=O) groups is 2. The number of benzene rings is 2. The maximum atomic E-state index is 10.9. The van der Waals surface area contributed by atoms with Gasteiger partial charge in [-0.25, -0.2) is 0 Å². The monoisotopic (exact) mass is 382 g/mol. The zero-order valence-corrected chi connectivity index (χ0v) is 17.1. The fraction of sp³-hybridized carbons (Fsp3) is 0.304. The summed E-state index contributed by atoms with van der Waals surface area (Å²) in [6, 6.07) is 16.5. The minimum absolute atomic E-state index is 0.0962. The lowest BCUT2D eigenvalue weighted by Crippen LogP contribution is -2.17. The second-order valence-corrected chi connectivity index (χ2v) is 6.43. The third-order valence-electron chi connectivity index (χ3n) is 4.11. The molecule has 5 nitrogen and oxygen atoms in total. The molecule has 1 amide bonds. The number of carbonyl (C=O) groups excluding carboxylic acids is 1. The van der Waals surface area contributed by atoms with E-state index in [9.17, 15) is 9.59 Å². The Morgan fingerprint density at radius 2 is 1.71 bits per heavy atom. The van der Waals surface area contributed by atoms with Crippen molar-refractivity contribution in [2.75, 3.05) is 7.05 Å². The lowest BCUT2D eigenvalue weighted by Gasteiger charge is -1.99. The quantitative estimate of drug-likeness (QED) is 0.615. The van der Waals surface area contributed by atoms with Crippen LogP contribution in [-0.4, -0.2) is 29.0 Å². The Balaban J connectivity index is 0.000000228. The molecule has 3 N–H and O–H groups in total. The number of hydrogen-bond acceptors (Lipinski definition) is 2. The number of aryl methyl sites for hydroxylation is 3. The first-order chi connectivity index (χ1) is 13.4. The first kappa shape index (κ1) is 23.0. The van der Waals surface area contributed by atoms with Crippen LogP contribution in [0.4, 0.5) is 0 Å². The van der Waals surface area contributed by atoms with Gasteiger partial charge < -0.3 is 15.4 Å². The number of aromatic nitrogens is 1. The number of rotatable bonds is 4. The van der Waals surface area contributed by atoms with Crippen molar-refractivity contribution < 1.29 is 14.7 Å². The average molecular weight is 383 g/mol. The van der Waals surface area contributed by atoms with Crippen LogP contribution in [0.15, 0.2) is 54.7 Å². The number of H-pyrrole nitrogens is 1. The molecule has 2 aromatic carbocycles. The zero-order chi connectivity index (χ0) is 20.9. The van der Waals surface area contributed by atoms with E-state index in [4.69, 9.17) is 5.11 Å². The fourth-order valence-corrected chi connectivity index (χ4v) is 2.41. The number of aromatic amines is 1. The second kappa shape index (κ2) is 12.3. The third-order valence-corrected chi connectivity index (χ3v) is 4.11. The predicted octanol–water partition coefficient (Wildman–Crippen LogP) is 4.63. The van der Waals surface area contributed by atoms with Crippen molar-refractivity contribution in [1.82, 2.24) is 10.3 Å². The molecule has 0 aliphatic rings. The van der Waals surface area contributed by atoms with Gasteiger partial charge in [0.1, 0.15) is 0 Å². The highest BCUT2D eigenvalue weighted by Crippen LogP contribution is 2.17. The Labute approximate surface area is 166 Å². The standard InChI is InChI=1S/C10H13NO.C10H11N.C3H6O2/c1-11-10(12)8-7-9-5-3-2-4-6-9;1-7-3-4-9-8(2)6-11-10(9)5-7;1-2-3(4)5/h2-6H,7-8H2,1H3,(H,11,12);3-6,11H,1-2H3;2H2,1H3,(H,4,5). The van der Waals surface area contributed by atoms with Crippen LogP contribution in [0, 0.1) is 13.8 Å². The van der Waals surface area contributed by atoms with Crippen LogP contribution in [0.2, 0.25) is 0 Å². The summed E-state index contributed by atoms with van der Waals surface area (Å²) in [6.45, 7) is 5.83. The van der Waals surface area contributed by atoms with Gasteiger partial charge in [0, 0.05) is 37.0 Å². The highest BCUT2D eigenvalue weighted by molar-refractivity contribution is 5.83. The summed E-state index contributed by atoms with van der Waals surface area (Å²) in [4.78, 5) is 23.5. The first-order valence-electron chi connectivity index (χ1n) is 9.38. The Morgan fingerprint density at radius 1 is 1.07 bits per heavy atom. The van der Waals surface area contributed by atoms with Crippen molar-refractivity contribution in [3.05, 3.63) is 71.4 Å². The SMILES string of the molecule is CCC(=O)O.CNC(=O)CCc1ccccc1.Cc1ccc2c(C)c[nH]c2c1. The van der Waals surface area contributed by atoms with Crippen molar-refractivity contribution in [2.24, 2.45) is 0 Å². The molecule has 150 valence electrons. The molecule has 1 heterocycles. The summed E-state index contributed by atoms with van der Waals surface area (Å²) in [5.74, 6) is -0.649. The minimum atomic E-state index is -0.745. The lowest BCUT2D eigenvalue weighted by molar-refractivity contribution is -0.136. The number of nitrogens with one attached hydrogen (secondary N) is 2. The van der Waals surface area contributed by atoms with Crippen molar-refractivity contribution >= 4 is 22.8 Å². The number of carboxylic acids is 1. The van der Waals surface area contributed by atoms with Gasteiger partial charge in [0.25, 0.3) is 0 Å². The Morgan fingerprint density at radius 3 is 2.29 bits per heavy atom. The first-order valence-corrected chi connectivity index (χ1v) is 9.38. The van der Waals surface area contributed by atoms with E-state index in [1.54, 1.807) is 14.0 Å². The molecule has 1 aromatic heterocycles. The van der Waals surface area contributed by atoms with Crippen LogP contribution in [0.25, 0.3) is 10.9 Å². The predicted molar refractivity (Wildman–Crippen MR) is 115 cm³/mol. The molecule has 3 rings (SSSR count). The van der Waals surface area contributed by atoms with Crippen LogP contribution in [0.1, 0.15) is 36.5 Å². The maximum absolute atomic E-state index is 10.9. The van der Waals surface area contributed by atoms with E-state index < -0.39 is 5.97 Å². The number of carboxylic acid groups (broad SMARTS) is 1. The normalized spacial score (nSPS) is 9.57. The molecule has 0 saturated heterocycles. The lowest BCUT2D eigenvalue weighted by atomic mass is 10.1. The van der Waals surface area contributed by atoms with Gasteiger partial charge in [0.2, 0.25) is 5.91 Å². The van der Waals surface area contributed by atoms with Gasteiger partial charge in [0.15, 0.2) is 0 Å². The third kappa shape index (κ3) is 8.54. The number of aliphatic carboxylic acids is 1. The number of fused-ring (bicyclic) bond motifs is 1. The summed E-state index contributed by atoms with van der Waals surface area (Å²) in [5.41, 5.74) is 5.07. The molecular formula is C23H30N2O3. The van der Waals surface area contributed by atoms with Gasteiger partial charge in [0.05, 0.1) is 0 Å². The van der Waals surface area contributed by atoms with Crippen LogP contribution in [-0.2, 0) is 16.0 Å². The summed E-state index contributed by atoms with van der Waals surface area (Å²) < 4.78 is 0. The van der Waals surface area contributed by atoms with Crippen molar-refractivity contribution in [3.8, 4) is 0 Å².